The van der Waals surface area contributed by atoms with Crippen LogP contribution >= 0.6 is 0 Å². The van der Waals surface area contributed by atoms with E-state index in [9.17, 15) is 23.2 Å². The van der Waals surface area contributed by atoms with Crippen molar-refractivity contribution in [1.82, 2.24) is 35.4 Å². The van der Waals surface area contributed by atoms with Gasteiger partial charge in [-0.05, 0) is 13.0 Å². The second-order valence-electron chi connectivity index (χ2n) is 7.71. The van der Waals surface area contributed by atoms with E-state index in [1.165, 1.54) is 22.7 Å². The Labute approximate surface area is 196 Å². The van der Waals surface area contributed by atoms with Crippen LogP contribution in [0, 0.1) is 18.7 Å². The Kier molecular flexibility index (Phi) is 6.66. The summed E-state index contributed by atoms with van der Waals surface area (Å²) in [5.41, 5.74) is -0.110. The van der Waals surface area contributed by atoms with Gasteiger partial charge in [0.15, 0.2) is 11.6 Å². The van der Waals surface area contributed by atoms with Crippen LogP contribution in [0.3, 0.4) is 0 Å². The number of amides is 3. The van der Waals surface area contributed by atoms with Gasteiger partial charge in [0.25, 0.3) is 5.91 Å². The van der Waals surface area contributed by atoms with Gasteiger partial charge in [0.1, 0.15) is 23.6 Å². The van der Waals surface area contributed by atoms with Crippen LogP contribution in [0.5, 0.6) is 0 Å². The number of likely N-dealkylation sites (tertiary alicyclic amines) is 1. The summed E-state index contributed by atoms with van der Waals surface area (Å²) in [7, 11) is 0. The number of hydrogen-bond acceptors (Lipinski definition) is 9. The van der Waals surface area contributed by atoms with Crippen LogP contribution in [0.4, 0.5) is 19.4 Å². The van der Waals surface area contributed by atoms with Gasteiger partial charge in [-0.25, -0.2) is 18.9 Å². The second-order valence-corrected chi connectivity index (χ2v) is 7.71. The quantitative estimate of drug-likeness (QED) is 0.383. The third-order valence-electron chi connectivity index (χ3n) is 5.12. The molecule has 184 valence electrons. The number of pyridine rings is 1. The summed E-state index contributed by atoms with van der Waals surface area (Å²) >= 11 is 0. The Bertz CT molecular complexity index is 1260. The van der Waals surface area contributed by atoms with Crippen LogP contribution in [-0.2, 0) is 16.1 Å². The molecule has 0 saturated carbocycles. The van der Waals surface area contributed by atoms with E-state index in [0.717, 1.165) is 12.3 Å². The first kappa shape index (κ1) is 23.7. The van der Waals surface area contributed by atoms with Crippen molar-refractivity contribution in [3.05, 3.63) is 53.3 Å². The maximum atomic E-state index is 14.1. The lowest BCUT2D eigenvalue weighted by atomic mass is 10.2. The van der Waals surface area contributed by atoms with E-state index in [1.807, 2.05) is 0 Å². The summed E-state index contributed by atoms with van der Waals surface area (Å²) in [6.45, 7) is 2.83. The fourth-order valence-electron chi connectivity index (χ4n) is 3.57. The van der Waals surface area contributed by atoms with Crippen molar-refractivity contribution in [1.29, 1.82) is 0 Å². The van der Waals surface area contributed by atoms with Crippen LogP contribution in [0.25, 0.3) is 0 Å². The number of nitrogens with one attached hydrogen (secondary N) is 2. The minimum atomic E-state index is -1.39. The number of hydrogen-bond donors (Lipinski definition) is 2. The molecule has 1 saturated heterocycles. The number of halogens is 2. The van der Waals surface area contributed by atoms with E-state index in [2.05, 4.69) is 31.1 Å². The molecule has 4 rings (SSSR count). The molecule has 3 aromatic rings. The third kappa shape index (κ3) is 5.39. The molecule has 0 spiro atoms. The zero-order valence-corrected chi connectivity index (χ0v) is 18.6. The summed E-state index contributed by atoms with van der Waals surface area (Å²) in [5, 5.41) is 16.7. The molecule has 4 heterocycles. The highest BCUT2D eigenvalue weighted by Crippen LogP contribution is 2.27. The molecule has 1 fully saturated rings. The predicted molar refractivity (Wildman–Crippen MR) is 112 cm³/mol. The molecule has 13 nitrogen and oxygen atoms in total. The van der Waals surface area contributed by atoms with E-state index >= 15 is 0 Å². The number of esters is 1. The second kappa shape index (κ2) is 9.82. The molecule has 3 aromatic heterocycles. The molecule has 0 unspecified atom stereocenters. The fourth-order valence-corrected chi connectivity index (χ4v) is 3.57. The van der Waals surface area contributed by atoms with Gasteiger partial charge in [0, 0.05) is 25.7 Å². The van der Waals surface area contributed by atoms with Gasteiger partial charge in [-0.1, -0.05) is 10.4 Å². The van der Waals surface area contributed by atoms with Crippen LogP contribution in [0.2, 0.25) is 0 Å². The van der Waals surface area contributed by atoms with E-state index in [1.54, 1.807) is 13.0 Å². The van der Waals surface area contributed by atoms with E-state index in [-0.39, 0.29) is 25.5 Å². The molecule has 3 amide bonds. The van der Waals surface area contributed by atoms with Crippen molar-refractivity contribution in [2.45, 2.75) is 32.5 Å². The standard InChI is InChI=1S/C20H20F2N8O5/c1-10-5-16(27-35-10)25-20(33)24-6-12-7-30(28-26-12)14-8-29(9-15(14)34-11(2)31)19(32)13-3-4-23-18(22)17(13)21/h3-5,7,14-15H,6,8-9H2,1-2H3,(H2,24,25,27,33)/t14-,15+/m0/s1. The largest absolute Gasteiger partial charge is 0.458 e. The van der Waals surface area contributed by atoms with Gasteiger partial charge in [-0.3, -0.25) is 14.9 Å². The number of aromatic nitrogens is 5. The number of urea groups is 1. The van der Waals surface area contributed by atoms with Gasteiger partial charge in [0.2, 0.25) is 5.95 Å². The highest BCUT2D eigenvalue weighted by molar-refractivity contribution is 5.94. The van der Waals surface area contributed by atoms with Gasteiger partial charge >= 0.3 is 12.0 Å². The van der Waals surface area contributed by atoms with E-state index in [0.29, 0.717) is 11.5 Å². The molecule has 1 aliphatic heterocycles. The Morgan fingerprint density at radius 3 is 2.80 bits per heavy atom. The first-order valence-corrected chi connectivity index (χ1v) is 10.4. The van der Waals surface area contributed by atoms with Gasteiger partial charge in [-0.15, -0.1) is 5.10 Å². The zero-order valence-electron chi connectivity index (χ0n) is 18.6. The van der Waals surface area contributed by atoms with Crippen LogP contribution in [0.15, 0.2) is 29.0 Å². The number of nitrogens with zero attached hydrogens (tertiary/aromatic N) is 6. The third-order valence-corrected chi connectivity index (χ3v) is 5.12. The molecule has 1 aliphatic rings. The van der Waals surface area contributed by atoms with Gasteiger partial charge < -0.3 is 19.5 Å². The molecule has 2 atom stereocenters. The SMILES string of the molecule is CC(=O)O[C@@H]1CN(C(=O)c2ccnc(F)c2F)C[C@@H]1n1cc(CNC(=O)Nc2cc(C)on2)nn1. The van der Waals surface area contributed by atoms with Crippen molar-refractivity contribution >= 4 is 23.7 Å². The average molecular weight is 490 g/mol. The molecular weight excluding hydrogens is 470 g/mol. The van der Waals surface area contributed by atoms with Crippen LogP contribution < -0.4 is 10.6 Å². The topological polar surface area (TPSA) is 157 Å². The molecule has 0 bridgehead atoms. The summed E-state index contributed by atoms with van der Waals surface area (Å²) in [4.78, 5) is 40.8. The summed E-state index contributed by atoms with van der Waals surface area (Å²) in [5.74, 6) is -3.35. The number of rotatable bonds is 6. The van der Waals surface area contributed by atoms with Gasteiger partial charge in [0.05, 0.1) is 24.8 Å². The highest BCUT2D eigenvalue weighted by Gasteiger charge is 2.40. The van der Waals surface area contributed by atoms with E-state index in [4.69, 9.17) is 9.26 Å². The normalized spacial score (nSPS) is 17.3. The first-order chi connectivity index (χ1) is 16.7. The lowest BCUT2D eigenvalue weighted by Crippen LogP contribution is -2.31. The number of aryl methyl sites for hydroxylation is 1. The lowest BCUT2D eigenvalue weighted by molar-refractivity contribution is -0.147. The number of carbonyl (C=O) groups is 3. The maximum Gasteiger partial charge on any atom is 0.320 e. The smallest absolute Gasteiger partial charge is 0.320 e. The first-order valence-electron chi connectivity index (χ1n) is 10.4. The Hall–Kier alpha value is -4.43. The molecular formula is C20H20F2N8O5. The Balaban J connectivity index is 1.43. The maximum absolute atomic E-state index is 14.1. The zero-order chi connectivity index (χ0) is 25.1. The highest BCUT2D eigenvalue weighted by atomic mass is 19.2. The predicted octanol–water partition coefficient (Wildman–Crippen LogP) is 1.20. The van der Waals surface area contributed by atoms with Crippen molar-refractivity contribution in [2.24, 2.45) is 0 Å². The van der Waals surface area contributed by atoms with Crippen LogP contribution in [-0.4, -0.2) is 67.1 Å². The molecule has 2 N–H and O–H groups in total. The minimum Gasteiger partial charge on any atom is -0.458 e. The monoisotopic (exact) mass is 490 g/mol. The minimum absolute atomic E-state index is 0.0115. The number of ether oxygens (including phenoxy) is 1. The summed E-state index contributed by atoms with van der Waals surface area (Å²) in [6.07, 6.45) is 1.69. The van der Waals surface area contributed by atoms with Crippen molar-refractivity contribution in [2.75, 3.05) is 18.4 Å². The fraction of sp³-hybridized carbons (Fsp3) is 0.350. The molecule has 0 radical (unpaired) electrons. The van der Waals surface area contributed by atoms with Gasteiger partial charge in [-0.2, -0.15) is 4.39 Å². The summed E-state index contributed by atoms with van der Waals surface area (Å²) < 4.78 is 39.1. The summed E-state index contributed by atoms with van der Waals surface area (Å²) in [6, 6.07) is 1.42. The Morgan fingerprint density at radius 1 is 1.29 bits per heavy atom. The molecule has 0 aliphatic carbocycles. The Morgan fingerprint density at radius 2 is 2.09 bits per heavy atom. The number of carbonyl (C=O) groups excluding carboxylic acids is 3. The van der Waals surface area contributed by atoms with Crippen LogP contribution in [0.1, 0.15) is 34.8 Å². The lowest BCUT2D eigenvalue weighted by Gasteiger charge is -2.17. The molecule has 0 aromatic carbocycles. The van der Waals surface area contributed by atoms with Crippen molar-refractivity contribution < 1.29 is 32.4 Å². The molecule has 15 heteroatoms. The average Bonchev–Trinajstić information content (AvgIpc) is 3.53. The van der Waals surface area contributed by atoms with E-state index < -0.39 is 47.4 Å². The van der Waals surface area contributed by atoms with Crippen molar-refractivity contribution in [3.63, 3.8) is 0 Å². The van der Waals surface area contributed by atoms with Crippen molar-refractivity contribution in [3.8, 4) is 0 Å². The molecule has 35 heavy (non-hydrogen) atoms. The number of anilines is 1.